The highest BCUT2D eigenvalue weighted by Gasteiger charge is 1.93. The maximum absolute atomic E-state index is 8.54. The van der Waals surface area contributed by atoms with Gasteiger partial charge in [-0.2, -0.15) is 5.26 Å². The summed E-state index contributed by atoms with van der Waals surface area (Å²) in [5.74, 6) is 0. The number of hydrogen-bond acceptors (Lipinski definition) is 3. The van der Waals surface area contributed by atoms with Crippen molar-refractivity contribution in [3.63, 3.8) is 0 Å². The first-order valence-electron chi connectivity index (χ1n) is 7.42. The van der Waals surface area contributed by atoms with Crippen molar-refractivity contribution in [3.8, 4) is 6.07 Å². The molecule has 0 fully saturated rings. The van der Waals surface area contributed by atoms with Gasteiger partial charge in [-0.3, -0.25) is 4.98 Å². The smallest absolute Gasteiger partial charge is 0.101 e. The van der Waals surface area contributed by atoms with Crippen molar-refractivity contribution in [2.24, 2.45) is 0 Å². The third-order valence-electron chi connectivity index (χ3n) is 1.69. The fraction of sp³-hybridized carbons (Fsp3) is 0.625. The van der Waals surface area contributed by atoms with Gasteiger partial charge >= 0.3 is 0 Å². The average Bonchev–Trinajstić information content (AvgIpc) is 2.54. The zero-order valence-corrected chi connectivity index (χ0v) is 13.7. The van der Waals surface area contributed by atoms with Gasteiger partial charge in [0, 0.05) is 12.7 Å². The quantitative estimate of drug-likeness (QED) is 0.814. The van der Waals surface area contributed by atoms with Crippen LogP contribution >= 0.6 is 0 Å². The fourth-order valence-corrected chi connectivity index (χ4v) is 0.988. The number of nitriles is 1. The molecule has 0 bridgehead atoms. The SMILES string of the molecule is CC.CC.CC.CCCNCc1ccc(C#N)cn1. The molecule has 1 heterocycles. The molecule has 1 rings (SSSR count). The van der Waals surface area contributed by atoms with E-state index in [-0.39, 0.29) is 0 Å². The summed E-state index contributed by atoms with van der Waals surface area (Å²) in [6, 6.07) is 5.70. The minimum Gasteiger partial charge on any atom is -0.311 e. The Bertz CT molecular complexity index is 286. The average molecular weight is 265 g/mol. The molecular formula is C16H31N3. The Morgan fingerprint density at radius 3 is 2.05 bits per heavy atom. The molecule has 0 amide bonds. The van der Waals surface area contributed by atoms with Gasteiger partial charge in [0.15, 0.2) is 0 Å². The van der Waals surface area contributed by atoms with Crippen molar-refractivity contribution in [3.05, 3.63) is 29.6 Å². The molecule has 0 aliphatic carbocycles. The molecule has 1 aromatic heterocycles. The van der Waals surface area contributed by atoms with E-state index in [4.69, 9.17) is 5.26 Å². The topological polar surface area (TPSA) is 48.7 Å². The lowest BCUT2D eigenvalue weighted by Gasteiger charge is -2.01. The van der Waals surface area contributed by atoms with Gasteiger partial charge in [-0.25, -0.2) is 0 Å². The maximum atomic E-state index is 8.54. The van der Waals surface area contributed by atoms with Crippen LogP contribution in [0.15, 0.2) is 18.3 Å². The molecule has 0 unspecified atom stereocenters. The van der Waals surface area contributed by atoms with Crippen molar-refractivity contribution in [1.29, 1.82) is 5.26 Å². The summed E-state index contributed by atoms with van der Waals surface area (Å²) in [5, 5.41) is 11.8. The summed E-state index contributed by atoms with van der Waals surface area (Å²) >= 11 is 0. The molecule has 110 valence electrons. The summed E-state index contributed by atoms with van der Waals surface area (Å²) in [4.78, 5) is 4.14. The van der Waals surface area contributed by atoms with E-state index in [2.05, 4.69) is 17.2 Å². The molecule has 0 saturated heterocycles. The molecule has 0 aromatic carbocycles. The third kappa shape index (κ3) is 14.5. The molecule has 0 aliphatic rings. The lowest BCUT2D eigenvalue weighted by atomic mass is 10.2. The van der Waals surface area contributed by atoms with E-state index < -0.39 is 0 Å². The van der Waals surface area contributed by atoms with E-state index in [0.717, 1.165) is 25.2 Å². The predicted octanol–water partition coefficient (Wildman–Crippen LogP) is 4.53. The van der Waals surface area contributed by atoms with Crippen LogP contribution in [-0.4, -0.2) is 11.5 Å². The van der Waals surface area contributed by atoms with Gasteiger partial charge in [0.25, 0.3) is 0 Å². The van der Waals surface area contributed by atoms with Gasteiger partial charge in [-0.05, 0) is 25.1 Å². The molecule has 0 aliphatic heterocycles. The van der Waals surface area contributed by atoms with Crippen LogP contribution in [0.25, 0.3) is 0 Å². The van der Waals surface area contributed by atoms with Gasteiger partial charge in [0.1, 0.15) is 6.07 Å². The summed E-state index contributed by atoms with van der Waals surface area (Å²) in [6.45, 7) is 15.9. The lowest BCUT2D eigenvalue weighted by molar-refractivity contribution is 0.664. The van der Waals surface area contributed by atoms with Crippen molar-refractivity contribution >= 4 is 0 Å². The van der Waals surface area contributed by atoms with E-state index in [1.807, 2.05) is 53.7 Å². The predicted molar refractivity (Wildman–Crippen MR) is 85.0 cm³/mol. The summed E-state index contributed by atoms with van der Waals surface area (Å²) in [5.41, 5.74) is 1.59. The van der Waals surface area contributed by atoms with Crippen LogP contribution in [0.5, 0.6) is 0 Å². The van der Waals surface area contributed by atoms with Gasteiger partial charge in [0.05, 0.1) is 11.3 Å². The molecule has 3 nitrogen and oxygen atoms in total. The van der Waals surface area contributed by atoms with Gasteiger partial charge in [0.2, 0.25) is 0 Å². The molecule has 1 N–H and O–H groups in total. The second kappa shape index (κ2) is 21.8. The van der Waals surface area contributed by atoms with Gasteiger partial charge < -0.3 is 5.32 Å². The molecule has 0 saturated carbocycles. The van der Waals surface area contributed by atoms with E-state index >= 15 is 0 Å². The Labute approximate surface area is 120 Å². The highest BCUT2D eigenvalue weighted by Crippen LogP contribution is 1.97. The highest BCUT2D eigenvalue weighted by molar-refractivity contribution is 5.26. The van der Waals surface area contributed by atoms with E-state index in [9.17, 15) is 0 Å². The van der Waals surface area contributed by atoms with Crippen molar-refractivity contribution < 1.29 is 0 Å². The largest absolute Gasteiger partial charge is 0.311 e. The lowest BCUT2D eigenvalue weighted by Crippen LogP contribution is -2.14. The Morgan fingerprint density at radius 2 is 1.68 bits per heavy atom. The third-order valence-corrected chi connectivity index (χ3v) is 1.69. The number of aromatic nitrogens is 1. The number of hydrogen-bond donors (Lipinski definition) is 1. The van der Waals surface area contributed by atoms with Gasteiger partial charge in [-0.15, -0.1) is 0 Å². The molecular weight excluding hydrogens is 234 g/mol. The van der Waals surface area contributed by atoms with Crippen LogP contribution in [0.3, 0.4) is 0 Å². The highest BCUT2D eigenvalue weighted by atomic mass is 14.9. The molecule has 0 radical (unpaired) electrons. The van der Waals surface area contributed by atoms with E-state index in [1.54, 1.807) is 12.3 Å². The molecule has 0 atom stereocenters. The van der Waals surface area contributed by atoms with Crippen LogP contribution in [-0.2, 0) is 6.54 Å². The van der Waals surface area contributed by atoms with Crippen molar-refractivity contribution in [2.75, 3.05) is 6.54 Å². The zero-order chi connectivity index (χ0) is 15.5. The summed E-state index contributed by atoms with van der Waals surface area (Å²) < 4.78 is 0. The Kier molecular flexibility index (Phi) is 26.2. The normalized spacial score (nSPS) is 7.47. The number of nitrogens with zero attached hydrogens (tertiary/aromatic N) is 2. The first-order chi connectivity index (χ1) is 9.36. The van der Waals surface area contributed by atoms with Crippen LogP contribution in [0.1, 0.15) is 66.1 Å². The summed E-state index contributed by atoms with van der Waals surface area (Å²) in [6.07, 6.45) is 2.72. The maximum Gasteiger partial charge on any atom is 0.101 e. The second-order valence-electron chi connectivity index (χ2n) is 2.83. The Balaban J connectivity index is -0.000000375. The van der Waals surface area contributed by atoms with Crippen LogP contribution in [0, 0.1) is 11.3 Å². The summed E-state index contributed by atoms with van der Waals surface area (Å²) in [7, 11) is 0. The van der Waals surface area contributed by atoms with Crippen molar-refractivity contribution in [2.45, 2.75) is 61.4 Å². The number of nitrogens with one attached hydrogen (secondary N) is 1. The zero-order valence-electron chi connectivity index (χ0n) is 13.7. The first kappa shape index (κ1) is 22.8. The fourth-order valence-electron chi connectivity index (χ4n) is 0.988. The minimum absolute atomic E-state index is 0.610. The van der Waals surface area contributed by atoms with Gasteiger partial charge in [-0.1, -0.05) is 48.5 Å². The first-order valence-corrected chi connectivity index (χ1v) is 7.42. The monoisotopic (exact) mass is 265 g/mol. The second-order valence-corrected chi connectivity index (χ2v) is 2.83. The molecule has 3 heteroatoms. The Morgan fingerprint density at radius 1 is 1.11 bits per heavy atom. The van der Waals surface area contributed by atoms with Crippen LogP contribution in [0.4, 0.5) is 0 Å². The van der Waals surface area contributed by atoms with E-state index in [1.165, 1.54) is 0 Å². The van der Waals surface area contributed by atoms with Crippen LogP contribution < -0.4 is 5.32 Å². The molecule has 1 aromatic rings. The number of rotatable bonds is 4. The Hall–Kier alpha value is -1.40. The molecule has 19 heavy (non-hydrogen) atoms. The standard InChI is InChI=1S/C10H13N3.3C2H6/c1-2-5-12-8-10-4-3-9(6-11)7-13-10;3*1-2/h3-4,7,12H,2,5,8H2,1H3;3*1-2H3. The van der Waals surface area contributed by atoms with E-state index in [0.29, 0.717) is 5.56 Å². The van der Waals surface area contributed by atoms with Crippen molar-refractivity contribution in [1.82, 2.24) is 10.3 Å². The molecule has 0 spiro atoms. The number of pyridine rings is 1. The minimum atomic E-state index is 0.610. The van der Waals surface area contributed by atoms with Crippen LogP contribution in [0.2, 0.25) is 0 Å².